The van der Waals surface area contributed by atoms with Crippen molar-refractivity contribution in [3.05, 3.63) is 70.5 Å². The molecule has 10 nitrogen and oxygen atoms in total. The number of carboxylic acid groups (broad SMARTS) is 1. The molecule has 7 rings (SSSR count). The highest BCUT2D eigenvalue weighted by Crippen LogP contribution is 2.34. The van der Waals surface area contributed by atoms with Crippen LogP contribution in [0.15, 0.2) is 63.9 Å². The highest BCUT2D eigenvalue weighted by atomic mass is 16.5. The van der Waals surface area contributed by atoms with E-state index in [-0.39, 0.29) is 11.6 Å². The predicted octanol–water partition coefficient (Wildman–Crippen LogP) is 4.04. The van der Waals surface area contributed by atoms with Crippen molar-refractivity contribution in [2.45, 2.75) is 18.9 Å². The van der Waals surface area contributed by atoms with Crippen molar-refractivity contribution in [1.82, 2.24) is 9.55 Å². The fourth-order valence-electron chi connectivity index (χ4n) is 6.50. The van der Waals surface area contributed by atoms with Crippen LogP contribution in [0.1, 0.15) is 23.2 Å². The second kappa shape index (κ2) is 10.4. The van der Waals surface area contributed by atoms with Gasteiger partial charge in [0.2, 0.25) is 0 Å². The number of ether oxygens (including phenoxy) is 2. The Balaban J connectivity index is 1.25. The molecule has 3 saturated heterocycles. The number of carbonyl (C=O) groups is 1. The molecule has 3 aliphatic heterocycles. The van der Waals surface area contributed by atoms with Crippen molar-refractivity contribution in [3.63, 3.8) is 0 Å². The van der Waals surface area contributed by atoms with Crippen molar-refractivity contribution in [3.8, 4) is 16.9 Å². The molecule has 2 aromatic heterocycles. The van der Waals surface area contributed by atoms with E-state index >= 15 is 0 Å². The number of hydrogen-bond donors (Lipinski definition) is 1. The lowest BCUT2D eigenvalue weighted by Crippen LogP contribution is -2.32. The summed E-state index contributed by atoms with van der Waals surface area (Å²) in [5.41, 5.74) is 3.65. The summed E-state index contributed by atoms with van der Waals surface area (Å²) in [6, 6.07) is 15.8. The van der Waals surface area contributed by atoms with Crippen molar-refractivity contribution < 1.29 is 23.8 Å². The highest BCUT2D eigenvalue weighted by Gasteiger charge is 2.37. The standard InChI is InChI=1S/C31H32N4O6/c1-39-18-24-3-2-10-34(24)31-32-26-9-8-23(11-29(26)41-31)35-15-25(30(37)38)28(36)12-27(35)19-4-6-22(7-5-19)33-13-20-16-40-17-21(20)14-33/h4-9,11-12,15,20-21,24H,2-3,10,13-14,16-18H2,1H3,(H,37,38). The molecule has 212 valence electrons. The quantitative estimate of drug-likeness (QED) is 0.361. The Morgan fingerprint density at radius 1 is 1.07 bits per heavy atom. The van der Waals surface area contributed by atoms with E-state index in [1.807, 2.05) is 30.3 Å². The first-order valence-corrected chi connectivity index (χ1v) is 14.1. The molecule has 0 aliphatic carbocycles. The average Bonchev–Trinajstić information content (AvgIpc) is 3.76. The zero-order valence-electron chi connectivity index (χ0n) is 22.9. The van der Waals surface area contributed by atoms with Gasteiger partial charge in [-0.15, -0.1) is 0 Å². The van der Waals surface area contributed by atoms with Gasteiger partial charge < -0.3 is 33.4 Å². The minimum atomic E-state index is -1.27. The molecule has 1 N–H and O–H groups in total. The smallest absolute Gasteiger partial charge is 0.341 e. The fourth-order valence-corrected chi connectivity index (χ4v) is 6.50. The van der Waals surface area contributed by atoms with Crippen LogP contribution in [-0.2, 0) is 9.47 Å². The number of rotatable bonds is 7. The van der Waals surface area contributed by atoms with E-state index in [2.05, 4.69) is 21.9 Å². The molecule has 0 saturated carbocycles. The van der Waals surface area contributed by atoms with Crippen LogP contribution in [0.3, 0.4) is 0 Å². The van der Waals surface area contributed by atoms with Crippen LogP contribution in [0.4, 0.5) is 11.7 Å². The van der Waals surface area contributed by atoms with Crippen molar-refractivity contribution >= 4 is 28.8 Å². The van der Waals surface area contributed by atoms with E-state index in [4.69, 9.17) is 18.9 Å². The molecule has 2 aromatic carbocycles. The molecule has 10 heteroatoms. The summed E-state index contributed by atoms with van der Waals surface area (Å²) in [7, 11) is 1.70. The number of anilines is 2. The van der Waals surface area contributed by atoms with Crippen LogP contribution >= 0.6 is 0 Å². The Labute approximate surface area is 236 Å². The predicted molar refractivity (Wildman–Crippen MR) is 154 cm³/mol. The maximum atomic E-state index is 12.8. The van der Waals surface area contributed by atoms with Gasteiger partial charge in [-0.2, -0.15) is 4.98 Å². The van der Waals surface area contributed by atoms with Gasteiger partial charge in [0, 0.05) is 68.3 Å². The molecule has 4 aromatic rings. The molecule has 41 heavy (non-hydrogen) atoms. The van der Waals surface area contributed by atoms with Gasteiger partial charge in [-0.05, 0) is 42.7 Å². The fraction of sp³-hybridized carbons (Fsp3) is 0.387. The molecule has 0 spiro atoms. The molecular weight excluding hydrogens is 524 g/mol. The second-order valence-corrected chi connectivity index (χ2v) is 11.2. The van der Waals surface area contributed by atoms with E-state index in [0.29, 0.717) is 46.9 Å². The third-order valence-corrected chi connectivity index (χ3v) is 8.67. The van der Waals surface area contributed by atoms with E-state index in [0.717, 1.165) is 56.9 Å². The van der Waals surface area contributed by atoms with Crippen LogP contribution < -0.4 is 15.2 Å². The third-order valence-electron chi connectivity index (χ3n) is 8.67. The number of pyridine rings is 1. The summed E-state index contributed by atoms with van der Waals surface area (Å²) >= 11 is 0. The number of aromatic carboxylic acids is 1. The van der Waals surface area contributed by atoms with E-state index in [1.54, 1.807) is 11.7 Å². The number of fused-ring (bicyclic) bond motifs is 2. The van der Waals surface area contributed by atoms with Crippen LogP contribution in [0.25, 0.3) is 28.0 Å². The molecule has 0 bridgehead atoms. The summed E-state index contributed by atoms with van der Waals surface area (Å²) in [5.74, 6) is -0.118. The van der Waals surface area contributed by atoms with Gasteiger partial charge in [0.15, 0.2) is 11.0 Å². The van der Waals surface area contributed by atoms with Gasteiger partial charge in [0.1, 0.15) is 11.1 Å². The summed E-state index contributed by atoms with van der Waals surface area (Å²) < 4.78 is 18.9. The molecule has 3 fully saturated rings. The molecule has 0 amide bonds. The maximum Gasteiger partial charge on any atom is 0.341 e. The lowest BCUT2D eigenvalue weighted by Gasteiger charge is -2.21. The first kappa shape index (κ1) is 25.8. The monoisotopic (exact) mass is 556 g/mol. The van der Waals surface area contributed by atoms with Crippen LogP contribution in [0.5, 0.6) is 0 Å². The average molecular weight is 557 g/mol. The molecule has 3 atom stereocenters. The Bertz CT molecular complexity index is 1650. The molecule has 0 radical (unpaired) electrons. The summed E-state index contributed by atoms with van der Waals surface area (Å²) in [6.07, 6.45) is 3.45. The largest absolute Gasteiger partial charge is 0.477 e. The van der Waals surface area contributed by atoms with Crippen LogP contribution in [0, 0.1) is 11.8 Å². The number of nitrogens with zero attached hydrogens (tertiary/aromatic N) is 4. The minimum Gasteiger partial charge on any atom is -0.477 e. The first-order valence-electron chi connectivity index (χ1n) is 14.1. The molecule has 3 unspecified atom stereocenters. The highest BCUT2D eigenvalue weighted by molar-refractivity contribution is 5.88. The van der Waals surface area contributed by atoms with Gasteiger partial charge in [-0.25, -0.2) is 4.79 Å². The minimum absolute atomic E-state index is 0.215. The van der Waals surface area contributed by atoms with Gasteiger partial charge >= 0.3 is 5.97 Å². The van der Waals surface area contributed by atoms with Crippen molar-refractivity contribution in [2.24, 2.45) is 11.8 Å². The van der Waals surface area contributed by atoms with Gasteiger partial charge in [-0.1, -0.05) is 12.1 Å². The van der Waals surface area contributed by atoms with Gasteiger partial charge in [0.05, 0.1) is 31.6 Å². The number of benzene rings is 2. The Kier molecular flexibility index (Phi) is 6.51. The molecular formula is C31H32N4O6. The van der Waals surface area contributed by atoms with Crippen LogP contribution in [0.2, 0.25) is 0 Å². The maximum absolute atomic E-state index is 12.8. The van der Waals surface area contributed by atoms with Crippen LogP contribution in [-0.4, -0.2) is 73.2 Å². The lowest BCUT2D eigenvalue weighted by molar-refractivity contribution is 0.0695. The van der Waals surface area contributed by atoms with Gasteiger partial charge in [0.25, 0.3) is 6.01 Å². The van der Waals surface area contributed by atoms with E-state index < -0.39 is 11.4 Å². The number of aromatic nitrogens is 2. The lowest BCUT2D eigenvalue weighted by atomic mass is 10.0. The first-order chi connectivity index (χ1) is 20.0. The normalized spacial score (nSPS) is 22.1. The molecule has 3 aliphatic rings. The summed E-state index contributed by atoms with van der Waals surface area (Å²) in [5, 5.41) is 9.72. The summed E-state index contributed by atoms with van der Waals surface area (Å²) in [4.78, 5) is 33.9. The SMILES string of the molecule is COCC1CCCN1c1nc2ccc(-n3cc(C(=O)O)c(=O)cc3-c3ccc(N4CC5COCC5C4)cc3)cc2o1. The number of carboxylic acids is 1. The third kappa shape index (κ3) is 4.66. The number of hydrogen-bond acceptors (Lipinski definition) is 8. The van der Waals surface area contributed by atoms with Crippen molar-refractivity contribution in [2.75, 3.05) is 56.4 Å². The van der Waals surface area contributed by atoms with Crippen molar-refractivity contribution in [1.29, 1.82) is 0 Å². The Hall–Kier alpha value is -4.15. The zero-order valence-corrected chi connectivity index (χ0v) is 22.9. The number of methoxy groups -OCH3 is 1. The summed E-state index contributed by atoms with van der Waals surface area (Å²) in [6.45, 7) is 5.06. The zero-order chi connectivity index (χ0) is 28.1. The second-order valence-electron chi connectivity index (χ2n) is 11.2. The topological polar surface area (TPSA) is 110 Å². The Morgan fingerprint density at radius 3 is 2.56 bits per heavy atom. The van der Waals surface area contributed by atoms with E-state index in [1.165, 1.54) is 12.3 Å². The molecule has 5 heterocycles. The van der Waals surface area contributed by atoms with Gasteiger partial charge in [-0.3, -0.25) is 4.79 Å². The Morgan fingerprint density at radius 2 is 1.83 bits per heavy atom. The van der Waals surface area contributed by atoms with E-state index in [9.17, 15) is 14.7 Å². The number of oxazole rings is 1.